The zero-order chi connectivity index (χ0) is 25.3. The number of non-ortho nitro benzene ring substituents is 1. The van der Waals surface area contributed by atoms with E-state index in [1.165, 1.54) is 12.1 Å². The highest BCUT2D eigenvalue weighted by molar-refractivity contribution is 7.91. The number of nitro benzene ring substituents is 1. The number of benzene rings is 3. The molecule has 0 saturated carbocycles. The molecule has 0 bridgehead atoms. The van der Waals surface area contributed by atoms with Gasteiger partial charge in [0.15, 0.2) is 9.84 Å². The van der Waals surface area contributed by atoms with Gasteiger partial charge in [0.05, 0.1) is 27.8 Å². The van der Waals surface area contributed by atoms with E-state index in [4.69, 9.17) is 4.99 Å². The smallest absolute Gasteiger partial charge is 0.269 e. The van der Waals surface area contributed by atoms with Gasteiger partial charge in [-0.15, -0.1) is 0 Å². The third kappa shape index (κ3) is 5.05. The lowest BCUT2D eigenvalue weighted by molar-refractivity contribution is -0.384. The van der Waals surface area contributed by atoms with Crippen LogP contribution in [0, 0.1) is 10.1 Å². The summed E-state index contributed by atoms with van der Waals surface area (Å²) in [5.74, 6) is -0.723. The molecule has 0 spiro atoms. The molecule has 5 rings (SSSR count). The van der Waals surface area contributed by atoms with Gasteiger partial charge in [-0.2, -0.15) is 0 Å². The Hall–Kier alpha value is -3.89. The van der Waals surface area contributed by atoms with Crippen molar-refractivity contribution < 1.29 is 18.1 Å². The SMILES string of the molecule is O=C1Nc2ccc([N+](=O)[O-])cc2C1C(=Nc1ccc(CN2CCS(=O)(=O)CC2)cc1)c1ccccc1. The number of carbonyl (C=O) groups is 1. The summed E-state index contributed by atoms with van der Waals surface area (Å²) in [6.45, 7) is 1.68. The third-order valence-electron chi connectivity index (χ3n) is 6.45. The number of nitrogens with zero attached hydrogens (tertiary/aromatic N) is 3. The zero-order valence-electron chi connectivity index (χ0n) is 19.3. The summed E-state index contributed by atoms with van der Waals surface area (Å²) in [7, 11) is -2.93. The van der Waals surface area contributed by atoms with Gasteiger partial charge in [0, 0.05) is 43.0 Å². The van der Waals surface area contributed by atoms with Crippen LogP contribution in [0.5, 0.6) is 0 Å². The van der Waals surface area contributed by atoms with E-state index < -0.39 is 20.7 Å². The van der Waals surface area contributed by atoms with Crippen LogP contribution >= 0.6 is 0 Å². The van der Waals surface area contributed by atoms with Gasteiger partial charge < -0.3 is 5.32 Å². The number of anilines is 1. The number of rotatable bonds is 6. The van der Waals surface area contributed by atoms with E-state index in [9.17, 15) is 23.3 Å². The molecule has 0 aromatic heterocycles. The Balaban J connectivity index is 1.46. The monoisotopic (exact) mass is 504 g/mol. The number of nitrogens with one attached hydrogen (secondary N) is 1. The molecule has 1 saturated heterocycles. The van der Waals surface area contributed by atoms with E-state index in [0.29, 0.717) is 42.3 Å². The van der Waals surface area contributed by atoms with Gasteiger partial charge in [0.25, 0.3) is 5.69 Å². The van der Waals surface area contributed by atoms with Crippen LogP contribution in [0.1, 0.15) is 22.6 Å². The quantitative estimate of drug-likeness (QED) is 0.310. The Bertz CT molecular complexity index is 1440. The van der Waals surface area contributed by atoms with E-state index in [1.807, 2.05) is 54.6 Å². The maximum atomic E-state index is 13.0. The lowest BCUT2D eigenvalue weighted by Crippen LogP contribution is -2.39. The Kier molecular flexibility index (Phi) is 6.38. The fraction of sp³-hybridized carbons (Fsp3) is 0.231. The lowest BCUT2D eigenvalue weighted by atomic mass is 9.90. The molecule has 0 aliphatic carbocycles. The van der Waals surface area contributed by atoms with Gasteiger partial charge in [-0.1, -0.05) is 42.5 Å². The molecule has 10 heteroatoms. The second-order valence-corrected chi connectivity index (χ2v) is 11.2. The normalized spacial score (nSPS) is 19.5. The maximum absolute atomic E-state index is 13.0. The molecule has 1 amide bonds. The van der Waals surface area contributed by atoms with Crippen LogP contribution in [0.2, 0.25) is 0 Å². The molecule has 3 aromatic carbocycles. The van der Waals surface area contributed by atoms with Crippen LogP contribution in [-0.2, 0) is 21.2 Å². The molecule has 2 aliphatic heterocycles. The van der Waals surface area contributed by atoms with Gasteiger partial charge >= 0.3 is 0 Å². The number of carbonyl (C=O) groups excluding carboxylic acids is 1. The van der Waals surface area contributed by atoms with Gasteiger partial charge in [-0.05, 0) is 29.3 Å². The summed E-state index contributed by atoms with van der Waals surface area (Å²) in [5.41, 5.74) is 3.90. The highest BCUT2D eigenvalue weighted by Gasteiger charge is 2.36. The minimum atomic E-state index is -2.93. The summed E-state index contributed by atoms with van der Waals surface area (Å²) in [4.78, 5) is 30.9. The highest BCUT2D eigenvalue weighted by atomic mass is 32.2. The van der Waals surface area contributed by atoms with Crippen molar-refractivity contribution in [2.24, 2.45) is 4.99 Å². The van der Waals surface area contributed by atoms with E-state index >= 15 is 0 Å². The van der Waals surface area contributed by atoms with E-state index in [2.05, 4.69) is 10.2 Å². The molecule has 1 atom stereocenters. The first kappa shape index (κ1) is 23.8. The van der Waals surface area contributed by atoms with Crippen molar-refractivity contribution in [1.82, 2.24) is 4.90 Å². The summed E-state index contributed by atoms with van der Waals surface area (Å²) < 4.78 is 23.3. The fourth-order valence-electron chi connectivity index (χ4n) is 4.52. The Morgan fingerprint density at radius 1 is 1.03 bits per heavy atom. The Morgan fingerprint density at radius 2 is 1.72 bits per heavy atom. The standard InChI is InChI=1S/C26H24N4O5S/c31-26-24(22-16-21(30(32)33)10-11-23(22)28-26)25(19-4-2-1-3-5-19)27-20-8-6-18(7-9-20)17-29-12-14-36(34,35)15-13-29/h1-11,16,24H,12-15,17H2,(H,28,31). The van der Waals surface area contributed by atoms with Crippen molar-refractivity contribution in [3.8, 4) is 0 Å². The molecule has 2 heterocycles. The van der Waals surface area contributed by atoms with E-state index in [0.717, 1.165) is 11.1 Å². The molecule has 1 unspecified atom stereocenters. The van der Waals surface area contributed by atoms with Crippen LogP contribution in [0.3, 0.4) is 0 Å². The molecular weight excluding hydrogens is 480 g/mol. The van der Waals surface area contributed by atoms with Crippen molar-refractivity contribution in [2.75, 3.05) is 29.9 Å². The highest BCUT2D eigenvalue weighted by Crippen LogP contribution is 2.38. The second-order valence-electron chi connectivity index (χ2n) is 8.91. The molecule has 0 radical (unpaired) electrons. The number of aliphatic imine (C=N–C) groups is 1. The molecule has 36 heavy (non-hydrogen) atoms. The second kappa shape index (κ2) is 9.63. The molecule has 184 valence electrons. The van der Waals surface area contributed by atoms with Crippen molar-refractivity contribution in [3.63, 3.8) is 0 Å². The average molecular weight is 505 g/mol. The van der Waals surface area contributed by atoms with Gasteiger partial charge in [0.2, 0.25) is 5.91 Å². The van der Waals surface area contributed by atoms with Crippen LogP contribution in [0.15, 0.2) is 77.8 Å². The fourth-order valence-corrected chi connectivity index (χ4v) is 5.80. The molecule has 3 aromatic rings. The Morgan fingerprint density at radius 3 is 2.39 bits per heavy atom. The average Bonchev–Trinajstić information content (AvgIpc) is 3.20. The van der Waals surface area contributed by atoms with E-state index in [1.54, 1.807) is 6.07 Å². The van der Waals surface area contributed by atoms with Crippen molar-refractivity contribution in [3.05, 3.63) is 99.6 Å². The van der Waals surface area contributed by atoms with Crippen molar-refractivity contribution in [1.29, 1.82) is 0 Å². The third-order valence-corrected chi connectivity index (χ3v) is 8.06. The largest absolute Gasteiger partial charge is 0.325 e. The first-order chi connectivity index (χ1) is 17.3. The zero-order valence-corrected chi connectivity index (χ0v) is 20.1. The molecule has 1 N–H and O–H groups in total. The lowest BCUT2D eigenvalue weighted by Gasteiger charge is -2.26. The number of amides is 1. The summed E-state index contributed by atoms with van der Waals surface area (Å²) >= 11 is 0. The summed E-state index contributed by atoms with van der Waals surface area (Å²) in [5, 5.41) is 14.2. The number of fused-ring (bicyclic) bond motifs is 1. The summed E-state index contributed by atoms with van der Waals surface area (Å²) in [6.07, 6.45) is 0. The maximum Gasteiger partial charge on any atom is 0.269 e. The van der Waals surface area contributed by atoms with Crippen LogP contribution < -0.4 is 5.32 Å². The topological polar surface area (TPSA) is 122 Å². The molecule has 9 nitrogen and oxygen atoms in total. The predicted octanol–water partition coefficient (Wildman–Crippen LogP) is 3.68. The number of hydrogen-bond acceptors (Lipinski definition) is 7. The van der Waals surface area contributed by atoms with Gasteiger partial charge in [-0.25, -0.2) is 8.42 Å². The van der Waals surface area contributed by atoms with E-state index in [-0.39, 0.29) is 23.1 Å². The van der Waals surface area contributed by atoms with Crippen LogP contribution in [-0.4, -0.2) is 54.5 Å². The molecule has 1 fully saturated rings. The number of hydrogen-bond donors (Lipinski definition) is 1. The first-order valence-electron chi connectivity index (χ1n) is 11.5. The predicted molar refractivity (Wildman–Crippen MR) is 137 cm³/mol. The van der Waals surface area contributed by atoms with Crippen LogP contribution in [0.4, 0.5) is 17.1 Å². The minimum absolute atomic E-state index is 0.0856. The minimum Gasteiger partial charge on any atom is -0.325 e. The van der Waals surface area contributed by atoms with Crippen LogP contribution in [0.25, 0.3) is 0 Å². The van der Waals surface area contributed by atoms with Crippen molar-refractivity contribution >= 4 is 38.5 Å². The number of sulfone groups is 1. The number of nitro groups is 1. The molecule has 2 aliphatic rings. The first-order valence-corrected chi connectivity index (χ1v) is 13.4. The van der Waals surface area contributed by atoms with Gasteiger partial charge in [-0.3, -0.25) is 24.8 Å². The van der Waals surface area contributed by atoms with Crippen molar-refractivity contribution in [2.45, 2.75) is 12.5 Å². The Labute approximate surface area is 208 Å². The van der Waals surface area contributed by atoms with Gasteiger partial charge in [0.1, 0.15) is 5.92 Å². The molecular formula is C26H24N4O5S. The summed E-state index contributed by atoms with van der Waals surface area (Å²) in [6, 6.07) is 21.3.